The molecule has 0 bridgehead atoms. The molecule has 1 heterocycles. The van der Waals surface area contributed by atoms with Crippen molar-refractivity contribution in [2.24, 2.45) is 5.16 Å². The van der Waals surface area contributed by atoms with Gasteiger partial charge in [0.2, 0.25) is 0 Å². The van der Waals surface area contributed by atoms with E-state index >= 15 is 0 Å². The van der Waals surface area contributed by atoms with Gasteiger partial charge in [0, 0.05) is 18.9 Å². The van der Waals surface area contributed by atoms with Crippen LogP contribution in [0.25, 0.3) is 0 Å². The maximum atomic E-state index is 13.0. The summed E-state index contributed by atoms with van der Waals surface area (Å²) < 4.78 is 39.1. The highest BCUT2D eigenvalue weighted by atomic mass is 19.4. The normalized spacial score (nSPS) is 17.1. The van der Waals surface area contributed by atoms with Crippen molar-refractivity contribution in [2.45, 2.75) is 25.1 Å². The van der Waals surface area contributed by atoms with Crippen molar-refractivity contribution in [1.29, 1.82) is 0 Å². The summed E-state index contributed by atoms with van der Waals surface area (Å²) in [5, 5.41) is 14.8. The van der Waals surface area contributed by atoms with Gasteiger partial charge in [-0.15, -0.1) is 0 Å². The van der Waals surface area contributed by atoms with Crippen molar-refractivity contribution in [3.05, 3.63) is 75.3 Å². The second kappa shape index (κ2) is 6.54. The third-order valence-electron chi connectivity index (χ3n) is 3.87. The van der Waals surface area contributed by atoms with Gasteiger partial charge in [-0.25, -0.2) is 0 Å². The van der Waals surface area contributed by atoms with Crippen LogP contribution in [0.1, 0.15) is 23.1 Å². The van der Waals surface area contributed by atoms with Crippen LogP contribution >= 0.6 is 0 Å². The molecule has 5 nitrogen and oxygen atoms in total. The first-order chi connectivity index (χ1) is 11.8. The molecule has 0 radical (unpaired) electrons. The summed E-state index contributed by atoms with van der Waals surface area (Å²) in [6, 6.07) is 12.3. The highest BCUT2D eigenvalue weighted by molar-refractivity contribution is 6.01. The van der Waals surface area contributed by atoms with Crippen LogP contribution in [0.2, 0.25) is 0 Å². The van der Waals surface area contributed by atoms with E-state index in [0.717, 1.165) is 23.4 Å². The lowest BCUT2D eigenvalue weighted by Gasteiger charge is -2.12. The van der Waals surface area contributed by atoms with E-state index in [4.69, 9.17) is 4.84 Å². The number of halogens is 3. The molecule has 130 valence electrons. The topological polar surface area (TPSA) is 64.7 Å². The molecule has 0 saturated carbocycles. The fraction of sp³-hybridized carbons (Fsp3) is 0.235. The van der Waals surface area contributed by atoms with Gasteiger partial charge in [-0.2, -0.15) is 13.2 Å². The van der Waals surface area contributed by atoms with E-state index in [1.165, 1.54) is 6.07 Å². The molecule has 0 aliphatic carbocycles. The third kappa shape index (κ3) is 3.78. The highest BCUT2D eigenvalue weighted by Crippen LogP contribution is 2.37. The molecule has 1 atom stereocenters. The van der Waals surface area contributed by atoms with Crippen LogP contribution in [0.3, 0.4) is 0 Å². The van der Waals surface area contributed by atoms with Crippen LogP contribution < -0.4 is 0 Å². The Morgan fingerprint density at radius 2 is 1.92 bits per heavy atom. The fourth-order valence-electron chi connectivity index (χ4n) is 2.70. The Balaban J connectivity index is 1.75. The number of nitro benzene ring substituents is 1. The van der Waals surface area contributed by atoms with Gasteiger partial charge in [0.15, 0.2) is 0 Å². The first-order valence-electron chi connectivity index (χ1n) is 7.47. The Morgan fingerprint density at radius 1 is 1.20 bits per heavy atom. The van der Waals surface area contributed by atoms with Gasteiger partial charge in [0.25, 0.3) is 5.69 Å². The Kier molecular flexibility index (Phi) is 4.43. The summed E-state index contributed by atoms with van der Waals surface area (Å²) in [5.74, 6) is 0. The molecule has 0 fully saturated rings. The Morgan fingerprint density at radius 3 is 2.56 bits per heavy atom. The molecule has 1 aliphatic rings. The number of oxime groups is 1. The van der Waals surface area contributed by atoms with E-state index in [9.17, 15) is 23.3 Å². The van der Waals surface area contributed by atoms with Crippen molar-refractivity contribution in [3.8, 4) is 0 Å². The zero-order valence-corrected chi connectivity index (χ0v) is 12.9. The predicted octanol–water partition coefficient (Wildman–Crippen LogP) is 4.35. The van der Waals surface area contributed by atoms with Crippen molar-refractivity contribution in [1.82, 2.24) is 0 Å². The standard InChI is InChI=1S/C17H13F3N2O3/c18-17(19,20)14-9-11(6-7-16(14)22(23)24)8-13-10-15(21-25-13)12-4-2-1-3-5-12/h1-7,9,13H,8,10H2. The SMILES string of the molecule is O=[N+]([O-])c1ccc(CC2CC(c3ccccc3)=NO2)cc1C(F)(F)F. The van der Waals surface area contributed by atoms with Gasteiger partial charge >= 0.3 is 6.18 Å². The zero-order valence-electron chi connectivity index (χ0n) is 12.9. The summed E-state index contributed by atoms with van der Waals surface area (Å²) >= 11 is 0. The number of hydrogen-bond donors (Lipinski definition) is 0. The van der Waals surface area contributed by atoms with Gasteiger partial charge in [-0.05, 0) is 17.2 Å². The number of alkyl halides is 3. The molecule has 0 aromatic heterocycles. The Labute approximate surface area is 140 Å². The van der Waals surface area contributed by atoms with E-state index in [0.29, 0.717) is 12.0 Å². The molecule has 0 amide bonds. The number of nitrogens with zero attached hydrogens (tertiary/aromatic N) is 2. The largest absolute Gasteiger partial charge is 0.423 e. The van der Waals surface area contributed by atoms with Crippen molar-refractivity contribution >= 4 is 11.4 Å². The molecule has 3 rings (SSSR count). The first-order valence-corrected chi connectivity index (χ1v) is 7.47. The predicted molar refractivity (Wildman–Crippen MR) is 84.3 cm³/mol. The van der Waals surface area contributed by atoms with Crippen LogP contribution in [-0.2, 0) is 17.4 Å². The van der Waals surface area contributed by atoms with E-state index in [1.807, 2.05) is 30.3 Å². The summed E-state index contributed by atoms with van der Waals surface area (Å²) in [4.78, 5) is 15.1. The molecule has 0 N–H and O–H groups in total. The minimum Gasteiger partial charge on any atom is -0.391 e. The van der Waals surface area contributed by atoms with E-state index in [-0.39, 0.29) is 6.42 Å². The molecule has 8 heteroatoms. The van der Waals surface area contributed by atoms with Gasteiger partial charge in [0.1, 0.15) is 11.7 Å². The average molecular weight is 350 g/mol. The summed E-state index contributed by atoms with van der Waals surface area (Å²) in [6.07, 6.45) is -4.55. The van der Waals surface area contributed by atoms with Gasteiger partial charge in [0.05, 0.1) is 10.6 Å². The minimum atomic E-state index is -4.79. The molecule has 2 aromatic carbocycles. The van der Waals surface area contributed by atoms with Crippen LogP contribution in [0.4, 0.5) is 18.9 Å². The molecular formula is C17H13F3N2O3. The summed E-state index contributed by atoms with van der Waals surface area (Å²) in [6.45, 7) is 0. The maximum Gasteiger partial charge on any atom is 0.423 e. The monoisotopic (exact) mass is 350 g/mol. The van der Waals surface area contributed by atoms with E-state index < -0.39 is 28.5 Å². The number of rotatable bonds is 4. The summed E-state index contributed by atoms with van der Waals surface area (Å²) in [5.41, 5.74) is -0.275. The van der Waals surface area contributed by atoms with Gasteiger partial charge in [-0.3, -0.25) is 10.1 Å². The summed E-state index contributed by atoms with van der Waals surface area (Å²) in [7, 11) is 0. The number of hydrogen-bond acceptors (Lipinski definition) is 4. The Bertz CT molecular complexity index is 820. The second-order valence-electron chi connectivity index (χ2n) is 5.65. The van der Waals surface area contributed by atoms with Gasteiger partial charge in [-0.1, -0.05) is 41.6 Å². The molecule has 1 aliphatic heterocycles. The maximum absolute atomic E-state index is 13.0. The van der Waals surface area contributed by atoms with Crippen LogP contribution in [-0.4, -0.2) is 16.7 Å². The van der Waals surface area contributed by atoms with Crippen molar-refractivity contribution in [2.75, 3.05) is 0 Å². The van der Waals surface area contributed by atoms with Crippen LogP contribution in [0, 0.1) is 10.1 Å². The molecule has 25 heavy (non-hydrogen) atoms. The zero-order chi connectivity index (χ0) is 18.0. The van der Waals surface area contributed by atoms with Crippen LogP contribution in [0.15, 0.2) is 53.7 Å². The number of nitro groups is 1. The van der Waals surface area contributed by atoms with Crippen molar-refractivity contribution < 1.29 is 22.9 Å². The van der Waals surface area contributed by atoms with Gasteiger partial charge < -0.3 is 4.84 Å². The molecule has 0 spiro atoms. The minimum absolute atomic E-state index is 0.181. The molecule has 2 aromatic rings. The second-order valence-corrected chi connectivity index (χ2v) is 5.65. The highest BCUT2D eigenvalue weighted by Gasteiger charge is 2.38. The lowest BCUT2D eigenvalue weighted by molar-refractivity contribution is -0.388. The lowest BCUT2D eigenvalue weighted by atomic mass is 9.98. The van der Waals surface area contributed by atoms with E-state index in [1.54, 1.807) is 0 Å². The third-order valence-corrected chi connectivity index (χ3v) is 3.87. The van der Waals surface area contributed by atoms with Crippen molar-refractivity contribution in [3.63, 3.8) is 0 Å². The smallest absolute Gasteiger partial charge is 0.391 e. The van der Waals surface area contributed by atoms with E-state index in [2.05, 4.69) is 5.16 Å². The molecule has 0 saturated heterocycles. The molecule has 1 unspecified atom stereocenters. The fourth-order valence-corrected chi connectivity index (χ4v) is 2.70. The average Bonchev–Trinajstić information content (AvgIpc) is 3.03. The first kappa shape index (κ1) is 16.9. The Hall–Kier alpha value is -2.90. The van der Waals surface area contributed by atoms with Crippen LogP contribution in [0.5, 0.6) is 0 Å². The molecular weight excluding hydrogens is 337 g/mol. The quantitative estimate of drug-likeness (QED) is 0.608. The number of benzene rings is 2. The lowest BCUT2D eigenvalue weighted by Crippen LogP contribution is -2.14.